The van der Waals surface area contributed by atoms with Crippen molar-refractivity contribution in [1.82, 2.24) is 3.98 Å². The fraction of sp³-hybridized carbons (Fsp3) is 0.600. The van der Waals surface area contributed by atoms with E-state index in [2.05, 4.69) is 3.98 Å². The Labute approximate surface area is 89.5 Å². The monoisotopic (exact) mass is 259 g/mol. The van der Waals surface area contributed by atoms with Gasteiger partial charge in [0, 0.05) is 0 Å². The Bertz CT molecular complexity index is 346. The first-order valence-electron chi connectivity index (χ1n) is 4.97. The number of esters is 1. The van der Waals surface area contributed by atoms with E-state index in [1.54, 1.807) is 0 Å². The van der Waals surface area contributed by atoms with Crippen molar-refractivity contribution < 1.29 is 9.53 Å². The van der Waals surface area contributed by atoms with Crippen LogP contribution in [0, 0.1) is 0 Å². The third-order valence-corrected chi connectivity index (χ3v) is 4.40. The average molecular weight is 258 g/mol. The molecule has 76 valence electrons. The molecule has 0 N–H and O–H groups in total. The van der Waals surface area contributed by atoms with Crippen LogP contribution in [0.3, 0.4) is 0 Å². The molecule has 4 heteroatoms. The van der Waals surface area contributed by atoms with Crippen LogP contribution >= 0.6 is 0 Å². The Morgan fingerprint density at radius 1 is 1.50 bits per heavy atom. The number of fused-ring (bicyclic) bond motifs is 1. The summed E-state index contributed by atoms with van der Waals surface area (Å²) in [5.41, 5.74) is 1.83. The van der Waals surface area contributed by atoms with E-state index >= 15 is 0 Å². The first kappa shape index (κ1) is 9.94. The Kier molecular flexibility index (Phi) is 3.04. The number of carbonyl (C=O) groups excluding carboxylic acids is 1. The van der Waals surface area contributed by atoms with Crippen molar-refractivity contribution >= 4 is 20.7 Å². The molecular formula is C10H13NO2Se. The van der Waals surface area contributed by atoms with Gasteiger partial charge >= 0.3 is 89.1 Å². The van der Waals surface area contributed by atoms with Crippen LogP contribution in [0.5, 0.6) is 0 Å². The summed E-state index contributed by atoms with van der Waals surface area (Å²) in [4.78, 5) is 11.5. The number of hydrogen-bond donors (Lipinski definition) is 0. The second kappa shape index (κ2) is 4.28. The van der Waals surface area contributed by atoms with Crippen LogP contribution in [0.25, 0.3) is 0 Å². The standard InChI is InChI=1S/C10H13NO2Se/c1-2-13-10(12)9-7-5-3-4-6-8(7)14-11-9/h2-6H2,1H3. The molecule has 1 aliphatic rings. The molecule has 3 nitrogen and oxygen atoms in total. The molecule has 0 saturated heterocycles. The van der Waals surface area contributed by atoms with Crippen molar-refractivity contribution in [3.8, 4) is 0 Å². The van der Waals surface area contributed by atoms with Gasteiger partial charge in [-0.05, 0) is 0 Å². The van der Waals surface area contributed by atoms with E-state index in [4.69, 9.17) is 4.74 Å². The predicted molar refractivity (Wildman–Crippen MR) is 53.8 cm³/mol. The number of nitrogens with zero attached hydrogens (tertiary/aromatic N) is 1. The van der Waals surface area contributed by atoms with E-state index in [9.17, 15) is 4.79 Å². The van der Waals surface area contributed by atoms with Gasteiger partial charge < -0.3 is 0 Å². The second-order valence-electron chi connectivity index (χ2n) is 3.36. The summed E-state index contributed by atoms with van der Waals surface area (Å²) in [6, 6.07) is 0. The van der Waals surface area contributed by atoms with Crippen LogP contribution in [-0.4, -0.2) is 31.3 Å². The molecule has 1 aromatic heterocycles. The van der Waals surface area contributed by atoms with E-state index in [0.717, 1.165) is 12.8 Å². The van der Waals surface area contributed by atoms with Gasteiger partial charge in [-0.2, -0.15) is 0 Å². The molecule has 0 unspecified atom stereocenters. The van der Waals surface area contributed by atoms with Crippen molar-refractivity contribution in [2.75, 3.05) is 6.61 Å². The van der Waals surface area contributed by atoms with Gasteiger partial charge in [0.2, 0.25) is 0 Å². The van der Waals surface area contributed by atoms with E-state index in [0.29, 0.717) is 12.3 Å². The molecule has 0 saturated carbocycles. The van der Waals surface area contributed by atoms with Gasteiger partial charge in [-0.25, -0.2) is 0 Å². The molecule has 0 amide bonds. The topological polar surface area (TPSA) is 39.2 Å². The zero-order valence-electron chi connectivity index (χ0n) is 8.21. The average Bonchev–Trinajstić information content (AvgIpc) is 2.61. The number of ether oxygens (including phenoxy) is 1. The molecule has 1 aliphatic carbocycles. The van der Waals surface area contributed by atoms with Crippen molar-refractivity contribution in [2.45, 2.75) is 32.6 Å². The first-order valence-corrected chi connectivity index (χ1v) is 6.59. The van der Waals surface area contributed by atoms with Gasteiger partial charge in [0.1, 0.15) is 0 Å². The van der Waals surface area contributed by atoms with Crippen molar-refractivity contribution in [3.63, 3.8) is 0 Å². The quantitative estimate of drug-likeness (QED) is 0.591. The molecule has 2 rings (SSSR count). The Balaban J connectivity index is 2.25. The molecule has 0 aliphatic heterocycles. The zero-order chi connectivity index (χ0) is 9.97. The zero-order valence-corrected chi connectivity index (χ0v) is 9.92. The third kappa shape index (κ3) is 1.77. The van der Waals surface area contributed by atoms with E-state index in [-0.39, 0.29) is 20.7 Å². The van der Waals surface area contributed by atoms with Crippen LogP contribution in [-0.2, 0) is 17.6 Å². The Hall–Kier alpha value is -0.601. The maximum absolute atomic E-state index is 11.5. The summed E-state index contributed by atoms with van der Waals surface area (Å²) < 4.78 is 10.7. The van der Waals surface area contributed by atoms with Crippen molar-refractivity contribution in [3.05, 3.63) is 15.7 Å². The second-order valence-corrected chi connectivity index (χ2v) is 5.16. The maximum atomic E-state index is 11.5. The SMILES string of the molecule is CCOC(=O)c1n[se]c2c1CCCC2. The van der Waals surface area contributed by atoms with Gasteiger partial charge in [0.15, 0.2) is 0 Å². The summed E-state index contributed by atoms with van der Waals surface area (Å²) in [5, 5.41) is 0. The normalized spacial score (nSPS) is 14.9. The summed E-state index contributed by atoms with van der Waals surface area (Å²) in [6.07, 6.45) is 4.61. The molecule has 1 aromatic rings. The molecule has 0 radical (unpaired) electrons. The number of hydrogen-bond acceptors (Lipinski definition) is 3. The van der Waals surface area contributed by atoms with Crippen LogP contribution < -0.4 is 0 Å². The van der Waals surface area contributed by atoms with Gasteiger partial charge in [0.25, 0.3) is 0 Å². The van der Waals surface area contributed by atoms with Crippen LogP contribution in [0.2, 0.25) is 0 Å². The molecule has 0 aromatic carbocycles. The fourth-order valence-electron chi connectivity index (χ4n) is 1.74. The summed E-state index contributed by atoms with van der Waals surface area (Å²) >= 11 is 0.178. The summed E-state index contributed by atoms with van der Waals surface area (Å²) in [6.45, 7) is 2.27. The number of carbonyl (C=O) groups is 1. The van der Waals surface area contributed by atoms with E-state index < -0.39 is 0 Å². The molecule has 0 fully saturated rings. The number of aryl methyl sites for hydroxylation is 1. The fourth-order valence-corrected chi connectivity index (χ4v) is 3.70. The van der Waals surface area contributed by atoms with Crippen LogP contribution in [0.1, 0.15) is 40.3 Å². The molecule has 0 spiro atoms. The molecule has 14 heavy (non-hydrogen) atoms. The van der Waals surface area contributed by atoms with Crippen molar-refractivity contribution in [1.29, 1.82) is 0 Å². The van der Waals surface area contributed by atoms with Gasteiger partial charge in [-0.1, -0.05) is 0 Å². The minimum absolute atomic E-state index is 0.178. The molecule has 0 atom stereocenters. The predicted octanol–water partition coefficient (Wildman–Crippen LogP) is 1.19. The van der Waals surface area contributed by atoms with E-state index in [1.165, 1.54) is 22.8 Å². The Morgan fingerprint density at radius 3 is 3.07 bits per heavy atom. The van der Waals surface area contributed by atoms with Gasteiger partial charge in [-0.3, -0.25) is 0 Å². The van der Waals surface area contributed by atoms with Crippen molar-refractivity contribution in [2.24, 2.45) is 0 Å². The number of rotatable bonds is 2. The third-order valence-electron chi connectivity index (χ3n) is 2.42. The molecule has 1 heterocycles. The summed E-state index contributed by atoms with van der Waals surface area (Å²) in [5.74, 6) is -0.221. The van der Waals surface area contributed by atoms with Gasteiger partial charge in [-0.15, -0.1) is 0 Å². The molecule has 0 bridgehead atoms. The number of aromatic nitrogens is 1. The van der Waals surface area contributed by atoms with Crippen LogP contribution in [0.15, 0.2) is 0 Å². The molecular weight excluding hydrogens is 245 g/mol. The first-order chi connectivity index (χ1) is 6.83. The van der Waals surface area contributed by atoms with Crippen LogP contribution in [0.4, 0.5) is 0 Å². The Morgan fingerprint density at radius 2 is 2.29 bits per heavy atom. The minimum atomic E-state index is -0.221. The van der Waals surface area contributed by atoms with E-state index in [1.807, 2.05) is 6.92 Å². The van der Waals surface area contributed by atoms with Gasteiger partial charge in [0.05, 0.1) is 0 Å². The summed E-state index contributed by atoms with van der Waals surface area (Å²) in [7, 11) is 0.